The fourth-order valence-electron chi connectivity index (χ4n) is 3.84. The number of piperidine rings is 1. The Hall–Kier alpha value is -3.35. The van der Waals surface area contributed by atoms with Gasteiger partial charge in [0.2, 0.25) is 5.95 Å². The summed E-state index contributed by atoms with van der Waals surface area (Å²) in [6, 6.07) is 7.49. The summed E-state index contributed by atoms with van der Waals surface area (Å²) in [5.74, 6) is -0.397. The molecule has 0 aliphatic carbocycles. The smallest absolute Gasteiger partial charge is 0.265 e. The zero-order valence-corrected chi connectivity index (χ0v) is 19.5. The average Bonchev–Trinajstić information content (AvgIpc) is 3.52. The summed E-state index contributed by atoms with van der Waals surface area (Å²) in [5, 5.41) is 4.22. The van der Waals surface area contributed by atoms with E-state index < -0.39 is 15.8 Å². The number of nitrogens with one attached hydrogen (secondary N) is 2. The molecule has 4 N–H and O–H groups in total. The predicted molar refractivity (Wildman–Crippen MR) is 127 cm³/mol. The van der Waals surface area contributed by atoms with Gasteiger partial charge in [0.05, 0.1) is 33.2 Å². The maximum atomic E-state index is 15.7. The maximum absolute atomic E-state index is 15.7. The number of sulfonamides is 1. The maximum Gasteiger partial charge on any atom is 0.265 e. The van der Waals surface area contributed by atoms with E-state index >= 15 is 4.39 Å². The molecule has 0 amide bonds. The molecule has 9 nitrogen and oxygen atoms in total. The number of thiazole rings is 1. The molecular weight excluding hydrogens is 479 g/mol. The standard InChI is InChI=1S/C22H21FN6O3S2/c23-18-15(2-1-3-16(18)29-34(30,31)14-7-11-32-12-14)19-20(17-6-10-26-22(24)27-17)33-21(28-19)13-4-8-25-9-5-13/h1-3,6-7,10-13,25,29H,4-5,8-9H2,(H2,24,26,27). The first-order valence-corrected chi connectivity index (χ1v) is 12.9. The number of nitrogens with zero attached hydrogens (tertiary/aromatic N) is 3. The number of benzene rings is 1. The number of aromatic nitrogens is 3. The molecule has 0 radical (unpaired) electrons. The molecular formula is C22H21FN6O3S2. The highest BCUT2D eigenvalue weighted by atomic mass is 32.2. The number of halogens is 1. The fourth-order valence-corrected chi connectivity index (χ4v) is 6.04. The lowest BCUT2D eigenvalue weighted by Gasteiger charge is -2.20. The zero-order valence-electron chi connectivity index (χ0n) is 17.9. The van der Waals surface area contributed by atoms with Crippen LogP contribution in [0, 0.1) is 5.82 Å². The normalized spacial score (nSPS) is 14.9. The van der Waals surface area contributed by atoms with Crippen molar-refractivity contribution in [3.63, 3.8) is 0 Å². The first-order chi connectivity index (χ1) is 16.4. The van der Waals surface area contributed by atoms with E-state index in [-0.39, 0.29) is 28.0 Å². The minimum atomic E-state index is -4.02. The van der Waals surface area contributed by atoms with Crippen molar-refractivity contribution in [3.05, 3.63) is 59.9 Å². The van der Waals surface area contributed by atoms with Crippen LogP contribution in [0.1, 0.15) is 23.8 Å². The highest BCUT2D eigenvalue weighted by Crippen LogP contribution is 2.42. The highest BCUT2D eigenvalue weighted by molar-refractivity contribution is 7.92. The average molecular weight is 501 g/mol. The number of nitrogens with two attached hydrogens (primary N) is 1. The second-order valence-electron chi connectivity index (χ2n) is 7.79. The van der Waals surface area contributed by atoms with Crippen LogP contribution >= 0.6 is 11.3 Å². The Balaban J connectivity index is 1.60. The summed E-state index contributed by atoms with van der Waals surface area (Å²) in [6.07, 6.45) is 5.69. The third-order valence-corrected chi connectivity index (χ3v) is 8.12. The molecule has 4 aromatic rings. The molecule has 176 valence electrons. The van der Waals surface area contributed by atoms with Gasteiger partial charge in [0, 0.05) is 17.7 Å². The molecule has 1 fully saturated rings. The third kappa shape index (κ3) is 4.39. The molecule has 0 atom stereocenters. The van der Waals surface area contributed by atoms with E-state index in [1.807, 2.05) is 0 Å². The molecule has 12 heteroatoms. The van der Waals surface area contributed by atoms with Crippen LogP contribution in [0.15, 0.2) is 58.4 Å². The largest absolute Gasteiger partial charge is 0.471 e. The van der Waals surface area contributed by atoms with Crippen molar-refractivity contribution >= 4 is 33.0 Å². The number of nitrogen functional groups attached to an aromatic ring is 1. The molecule has 4 heterocycles. The topological polar surface area (TPSA) is 136 Å². The number of hydrogen-bond donors (Lipinski definition) is 3. The Labute approximate surface area is 199 Å². The van der Waals surface area contributed by atoms with Crippen LogP contribution in [0.3, 0.4) is 0 Å². The molecule has 1 aromatic carbocycles. The Morgan fingerprint density at radius 3 is 2.74 bits per heavy atom. The number of rotatable bonds is 6. The van der Waals surface area contributed by atoms with Crippen molar-refractivity contribution in [2.45, 2.75) is 23.7 Å². The first kappa shape index (κ1) is 22.4. The Bertz CT molecular complexity index is 1420. The van der Waals surface area contributed by atoms with Gasteiger partial charge in [-0.2, -0.15) is 0 Å². The summed E-state index contributed by atoms with van der Waals surface area (Å²) in [5.41, 5.74) is 6.69. The Morgan fingerprint density at radius 2 is 2.00 bits per heavy atom. The second-order valence-corrected chi connectivity index (χ2v) is 10.5. The highest BCUT2D eigenvalue weighted by Gasteiger charge is 2.26. The van der Waals surface area contributed by atoms with Crippen molar-refractivity contribution in [2.24, 2.45) is 0 Å². The van der Waals surface area contributed by atoms with Crippen molar-refractivity contribution in [3.8, 4) is 21.8 Å². The van der Waals surface area contributed by atoms with Gasteiger partial charge < -0.3 is 15.5 Å². The van der Waals surface area contributed by atoms with Crippen LogP contribution in [0.4, 0.5) is 16.0 Å². The van der Waals surface area contributed by atoms with Crippen molar-refractivity contribution in [2.75, 3.05) is 23.5 Å². The lowest BCUT2D eigenvalue weighted by atomic mass is 9.99. The van der Waals surface area contributed by atoms with Gasteiger partial charge in [0.25, 0.3) is 10.0 Å². The van der Waals surface area contributed by atoms with Gasteiger partial charge >= 0.3 is 0 Å². The van der Waals surface area contributed by atoms with Crippen LogP contribution in [0.2, 0.25) is 0 Å². The van der Waals surface area contributed by atoms with Crippen molar-refractivity contribution in [1.29, 1.82) is 0 Å². The number of anilines is 2. The molecule has 1 aliphatic rings. The Kier molecular flexibility index (Phi) is 6.02. The molecule has 3 aromatic heterocycles. The summed E-state index contributed by atoms with van der Waals surface area (Å²) in [4.78, 5) is 13.6. The van der Waals surface area contributed by atoms with Crippen LogP contribution in [0.5, 0.6) is 0 Å². The lowest BCUT2D eigenvalue weighted by Crippen LogP contribution is -2.26. The quantitative estimate of drug-likeness (QED) is 0.363. The molecule has 0 bridgehead atoms. The monoisotopic (exact) mass is 500 g/mol. The van der Waals surface area contributed by atoms with Gasteiger partial charge in [-0.25, -0.2) is 27.8 Å². The first-order valence-electron chi connectivity index (χ1n) is 10.6. The molecule has 0 spiro atoms. The van der Waals surface area contributed by atoms with E-state index in [4.69, 9.17) is 15.1 Å². The number of hydrogen-bond acceptors (Lipinski definition) is 9. The van der Waals surface area contributed by atoms with E-state index in [0.717, 1.165) is 37.2 Å². The Morgan fingerprint density at radius 1 is 1.18 bits per heavy atom. The van der Waals surface area contributed by atoms with Crippen LogP contribution in [0.25, 0.3) is 21.8 Å². The molecule has 1 aliphatic heterocycles. The van der Waals surface area contributed by atoms with Crippen LogP contribution < -0.4 is 15.8 Å². The minimum absolute atomic E-state index is 0.0994. The molecule has 0 unspecified atom stereocenters. The minimum Gasteiger partial charge on any atom is -0.471 e. The summed E-state index contributed by atoms with van der Waals surface area (Å²) in [6.45, 7) is 1.77. The zero-order chi connectivity index (χ0) is 23.7. The van der Waals surface area contributed by atoms with Gasteiger partial charge in [-0.1, -0.05) is 6.07 Å². The van der Waals surface area contributed by atoms with E-state index in [2.05, 4.69) is 20.0 Å². The molecule has 5 rings (SSSR count). The summed E-state index contributed by atoms with van der Waals surface area (Å²) < 4.78 is 48.1. The van der Waals surface area contributed by atoms with Gasteiger partial charge in [-0.3, -0.25) is 4.72 Å². The predicted octanol–water partition coefficient (Wildman–Crippen LogP) is 3.85. The second kappa shape index (κ2) is 9.12. The van der Waals surface area contributed by atoms with E-state index in [1.165, 1.54) is 35.9 Å². The van der Waals surface area contributed by atoms with E-state index in [1.54, 1.807) is 18.2 Å². The van der Waals surface area contributed by atoms with E-state index in [0.29, 0.717) is 16.3 Å². The third-order valence-electron chi connectivity index (χ3n) is 5.54. The van der Waals surface area contributed by atoms with Gasteiger partial charge in [-0.05, 0) is 50.2 Å². The van der Waals surface area contributed by atoms with Crippen molar-refractivity contribution < 1.29 is 17.2 Å². The molecule has 34 heavy (non-hydrogen) atoms. The summed E-state index contributed by atoms with van der Waals surface area (Å²) >= 11 is 1.45. The van der Waals surface area contributed by atoms with Gasteiger partial charge in [0.15, 0.2) is 5.82 Å². The molecule has 1 saturated heterocycles. The summed E-state index contributed by atoms with van der Waals surface area (Å²) in [7, 11) is -4.02. The van der Waals surface area contributed by atoms with Crippen LogP contribution in [-0.4, -0.2) is 36.5 Å². The van der Waals surface area contributed by atoms with Gasteiger partial charge in [0.1, 0.15) is 11.2 Å². The molecule has 0 saturated carbocycles. The fraction of sp³-hybridized carbons (Fsp3) is 0.227. The van der Waals surface area contributed by atoms with E-state index in [9.17, 15) is 8.42 Å². The van der Waals surface area contributed by atoms with Crippen LogP contribution in [-0.2, 0) is 10.0 Å². The van der Waals surface area contributed by atoms with Gasteiger partial charge in [-0.15, -0.1) is 11.3 Å². The lowest BCUT2D eigenvalue weighted by molar-refractivity contribution is 0.459. The number of furan rings is 1. The van der Waals surface area contributed by atoms with Crippen molar-refractivity contribution in [1.82, 2.24) is 20.3 Å². The SMILES string of the molecule is Nc1nccc(-c2sc(C3CCNCC3)nc2-c2cccc(NS(=O)(=O)c3ccoc3)c2F)n1.